The summed E-state index contributed by atoms with van der Waals surface area (Å²) in [6.07, 6.45) is 0.360. The quantitative estimate of drug-likeness (QED) is 0.640. The average Bonchev–Trinajstić information content (AvgIpc) is 2.56. The molecular weight excluding hydrogens is 312 g/mol. The van der Waals surface area contributed by atoms with Crippen LogP contribution in [0.15, 0.2) is 48.5 Å². The zero-order valence-corrected chi connectivity index (χ0v) is 13.1. The van der Waals surface area contributed by atoms with Gasteiger partial charge in [0.25, 0.3) is 0 Å². The van der Waals surface area contributed by atoms with E-state index in [4.69, 9.17) is 20.4 Å². The van der Waals surface area contributed by atoms with Gasteiger partial charge < -0.3 is 20.4 Å². The normalized spacial score (nSPS) is 9.75. The van der Waals surface area contributed by atoms with Crippen LogP contribution in [0.4, 0.5) is 0 Å². The van der Waals surface area contributed by atoms with Crippen LogP contribution in [0.3, 0.4) is 0 Å². The van der Waals surface area contributed by atoms with Crippen LogP contribution in [0.5, 0.6) is 0 Å². The Morgan fingerprint density at radius 3 is 1.83 bits per heavy atom. The number of hydrogen-bond acceptors (Lipinski definition) is 4. The summed E-state index contributed by atoms with van der Waals surface area (Å²) in [5, 5.41) is 34.7. The first-order valence-electron chi connectivity index (χ1n) is 7.31. The van der Waals surface area contributed by atoms with E-state index in [-0.39, 0.29) is 25.2 Å². The van der Waals surface area contributed by atoms with Crippen molar-refractivity contribution in [2.24, 2.45) is 0 Å². The molecule has 2 aromatic carbocycles. The molecule has 6 heteroatoms. The highest BCUT2D eigenvalue weighted by Gasteiger charge is 2.10. The predicted molar refractivity (Wildman–Crippen MR) is 87.9 cm³/mol. The zero-order chi connectivity index (χ0) is 17.9. The monoisotopic (exact) mass is 332 g/mol. The number of carboxylic acid groups (broad SMARTS) is 2. The number of aliphatic carboxylic acids is 1. The van der Waals surface area contributed by atoms with E-state index in [0.29, 0.717) is 12.0 Å². The number of benzene rings is 2. The molecule has 0 aliphatic carbocycles. The van der Waals surface area contributed by atoms with E-state index < -0.39 is 11.9 Å². The van der Waals surface area contributed by atoms with E-state index in [9.17, 15) is 9.59 Å². The van der Waals surface area contributed by atoms with Crippen molar-refractivity contribution in [1.82, 2.24) is 0 Å². The molecule has 2 rings (SSSR count). The van der Waals surface area contributed by atoms with Gasteiger partial charge in [0.2, 0.25) is 0 Å². The average molecular weight is 332 g/mol. The van der Waals surface area contributed by atoms with Gasteiger partial charge in [0.1, 0.15) is 0 Å². The molecule has 0 spiro atoms. The van der Waals surface area contributed by atoms with Gasteiger partial charge in [0.05, 0.1) is 18.6 Å². The second-order valence-electron chi connectivity index (χ2n) is 4.93. The van der Waals surface area contributed by atoms with Crippen molar-refractivity contribution in [2.75, 3.05) is 6.61 Å². The van der Waals surface area contributed by atoms with Crippen LogP contribution in [-0.4, -0.2) is 39.0 Å². The smallest absolute Gasteiger partial charge is 0.335 e. The maximum absolute atomic E-state index is 10.6. The Labute approximate surface area is 139 Å². The minimum Gasteiger partial charge on any atom is -0.481 e. The number of carbonyl (C=O) groups is 2. The van der Waals surface area contributed by atoms with Gasteiger partial charge in [-0.15, -0.1) is 0 Å². The summed E-state index contributed by atoms with van der Waals surface area (Å²) in [7, 11) is 0. The molecule has 0 amide bonds. The molecule has 128 valence electrons. The lowest BCUT2D eigenvalue weighted by molar-refractivity contribution is -0.136. The first kappa shape index (κ1) is 19.3. The molecule has 0 saturated carbocycles. The Hall–Kier alpha value is -2.70. The molecule has 0 radical (unpaired) electrons. The predicted octanol–water partition coefficient (Wildman–Crippen LogP) is 1.73. The summed E-state index contributed by atoms with van der Waals surface area (Å²) in [6, 6.07) is 13.6. The van der Waals surface area contributed by atoms with Gasteiger partial charge >= 0.3 is 11.9 Å². The van der Waals surface area contributed by atoms with Crippen molar-refractivity contribution >= 4 is 11.9 Å². The second-order valence-corrected chi connectivity index (χ2v) is 4.93. The molecule has 0 aliphatic heterocycles. The molecule has 24 heavy (non-hydrogen) atoms. The summed E-state index contributed by atoms with van der Waals surface area (Å²) in [4.78, 5) is 21.0. The molecule has 4 N–H and O–H groups in total. The standard InChI is InChI=1S/C9H8O4.C9H12O2/c10-8(11)5-6-3-1-2-4-7(6)9(12)13;10-6-5-8-3-1-2-4-9(8)7-11/h1-4H,5H2,(H,10,11)(H,12,13);1-4,10-11H,5-7H2. The van der Waals surface area contributed by atoms with Crippen molar-refractivity contribution in [2.45, 2.75) is 19.4 Å². The van der Waals surface area contributed by atoms with Crippen LogP contribution < -0.4 is 0 Å². The Morgan fingerprint density at radius 1 is 0.792 bits per heavy atom. The van der Waals surface area contributed by atoms with Crippen LogP contribution in [0.2, 0.25) is 0 Å². The largest absolute Gasteiger partial charge is 0.481 e. The third kappa shape index (κ3) is 6.20. The van der Waals surface area contributed by atoms with Gasteiger partial charge in [-0.1, -0.05) is 42.5 Å². The van der Waals surface area contributed by atoms with Gasteiger partial charge in [-0.2, -0.15) is 0 Å². The number of hydrogen-bond donors (Lipinski definition) is 4. The molecular formula is C18H20O6. The number of aliphatic hydroxyl groups is 2. The van der Waals surface area contributed by atoms with Crippen LogP contribution in [0, 0.1) is 0 Å². The zero-order valence-electron chi connectivity index (χ0n) is 13.1. The van der Waals surface area contributed by atoms with Gasteiger partial charge in [0, 0.05) is 6.61 Å². The Balaban J connectivity index is 0.000000243. The second kappa shape index (κ2) is 10.1. The summed E-state index contributed by atoms with van der Waals surface area (Å²) >= 11 is 0. The van der Waals surface area contributed by atoms with Gasteiger partial charge in [0.15, 0.2) is 0 Å². The lowest BCUT2D eigenvalue weighted by atomic mass is 10.1. The van der Waals surface area contributed by atoms with Gasteiger partial charge in [-0.3, -0.25) is 4.79 Å². The van der Waals surface area contributed by atoms with Crippen molar-refractivity contribution in [3.05, 3.63) is 70.8 Å². The molecule has 0 aliphatic rings. The number of rotatable bonds is 6. The minimum atomic E-state index is -1.10. The SMILES string of the molecule is O=C(O)Cc1ccccc1C(=O)O.OCCc1ccccc1CO. The summed E-state index contributed by atoms with van der Waals surface area (Å²) in [5.41, 5.74) is 2.30. The molecule has 0 bridgehead atoms. The Bertz CT molecular complexity index is 681. The topological polar surface area (TPSA) is 115 Å². The van der Waals surface area contributed by atoms with E-state index in [1.807, 2.05) is 24.3 Å². The van der Waals surface area contributed by atoms with E-state index in [1.54, 1.807) is 12.1 Å². The highest BCUT2D eigenvalue weighted by atomic mass is 16.4. The lowest BCUT2D eigenvalue weighted by Crippen LogP contribution is -2.07. The third-order valence-electron chi connectivity index (χ3n) is 3.26. The fourth-order valence-electron chi connectivity index (χ4n) is 2.12. The molecule has 0 saturated heterocycles. The Kier molecular flexibility index (Phi) is 8.18. The number of aliphatic hydroxyl groups excluding tert-OH is 2. The lowest BCUT2D eigenvalue weighted by Gasteiger charge is -2.03. The molecule has 0 unspecified atom stereocenters. The third-order valence-corrected chi connectivity index (χ3v) is 3.26. The van der Waals surface area contributed by atoms with Gasteiger partial charge in [-0.05, 0) is 29.2 Å². The summed E-state index contributed by atoms with van der Waals surface area (Å²) < 4.78 is 0. The Morgan fingerprint density at radius 2 is 1.33 bits per heavy atom. The molecule has 0 fully saturated rings. The highest BCUT2D eigenvalue weighted by molar-refractivity contribution is 5.90. The van der Waals surface area contributed by atoms with Crippen molar-refractivity contribution < 1.29 is 30.0 Å². The maximum atomic E-state index is 10.6. The van der Waals surface area contributed by atoms with E-state index in [2.05, 4.69) is 0 Å². The van der Waals surface area contributed by atoms with Crippen LogP contribution in [-0.2, 0) is 24.2 Å². The van der Waals surface area contributed by atoms with Gasteiger partial charge in [-0.25, -0.2) is 4.79 Å². The highest BCUT2D eigenvalue weighted by Crippen LogP contribution is 2.09. The number of aromatic carboxylic acids is 1. The van der Waals surface area contributed by atoms with E-state index in [1.165, 1.54) is 12.1 Å². The summed E-state index contributed by atoms with van der Waals surface area (Å²) in [6.45, 7) is 0.188. The fourth-order valence-corrected chi connectivity index (χ4v) is 2.12. The maximum Gasteiger partial charge on any atom is 0.335 e. The van der Waals surface area contributed by atoms with E-state index >= 15 is 0 Å². The van der Waals surface area contributed by atoms with E-state index in [0.717, 1.165) is 11.1 Å². The molecule has 6 nitrogen and oxygen atoms in total. The van der Waals surface area contributed by atoms with Crippen LogP contribution in [0.25, 0.3) is 0 Å². The molecule has 2 aromatic rings. The molecule has 0 atom stereocenters. The first-order valence-corrected chi connectivity index (χ1v) is 7.31. The van der Waals surface area contributed by atoms with Crippen molar-refractivity contribution in [3.63, 3.8) is 0 Å². The first-order chi connectivity index (χ1) is 11.5. The summed E-state index contributed by atoms with van der Waals surface area (Å²) in [5.74, 6) is -2.13. The van der Waals surface area contributed by atoms with Crippen molar-refractivity contribution in [3.8, 4) is 0 Å². The van der Waals surface area contributed by atoms with Crippen LogP contribution >= 0.6 is 0 Å². The molecule has 0 aromatic heterocycles. The minimum absolute atomic E-state index is 0.0462. The van der Waals surface area contributed by atoms with Crippen molar-refractivity contribution in [1.29, 1.82) is 0 Å². The number of carboxylic acids is 2. The van der Waals surface area contributed by atoms with Crippen LogP contribution in [0.1, 0.15) is 27.0 Å². The molecule has 0 heterocycles. The fraction of sp³-hybridized carbons (Fsp3) is 0.222.